The molecular weight excluding hydrogens is 198 g/mol. The molecule has 2 aromatic rings. The van der Waals surface area contributed by atoms with Crippen LogP contribution >= 0.6 is 0 Å². The highest BCUT2D eigenvalue weighted by atomic mass is 15.1. The molecule has 0 atom stereocenters. The first-order valence-corrected chi connectivity index (χ1v) is 5.31. The van der Waals surface area contributed by atoms with Crippen LogP contribution < -0.4 is 5.32 Å². The third kappa shape index (κ3) is 1.89. The van der Waals surface area contributed by atoms with Gasteiger partial charge in [0.05, 0.1) is 11.4 Å². The van der Waals surface area contributed by atoms with Crippen molar-refractivity contribution in [1.82, 2.24) is 9.97 Å². The van der Waals surface area contributed by atoms with Crippen molar-refractivity contribution in [2.75, 3.05) is 12.4 Å². The summed E-state index contributed by atoms with van der Waals surface area (Å²) >= 11 is 0. The van der Waals surface area contributed by atoms with Gasteiger partial charge in [-0.3, -0.25) is 0 Å². The summed E-state index contributed by atoms with van der Waals surface area (Å²) in [5.74, 6) is 0.676. The first-order chi connectivity index (χ1) is 7.72. The lowest BCUT2D eigenvalue weighted by molar-refractivity contribution is 1.06. The van der Waals surface area contributed by atoms with Crippen LogP contribution in [0.2, 0.25) is 0 Å². The van der Waals surface area contributed by atoms with Crippen LogP contribution in [0.25, 0.3) is 11.1 Å². The molecule has 0 unspecified atom stereocenters. The first kappa shape index (κ1) is 10.6. The Bertz CT molecular complexity index is 469. The van der Waals surface area contributed by atoms with Crippen molar-refractivity contribution in [1.29, 1.82) is 0 Å². The molecule has 1 N–H and O–H groups in total. The van der Waals surface area contributed by atoms with Crippen LogP contribution in [0.3, 0.4) is 0 Å². The van der Waals surface area contributed by atoms with Gasteiger partial charge in [0.25, 0.3) is 0 Å². The summed E-state index contributed by atoms with van der Waals surface area (Å²) in [6, 6.07) is 10.2. The Morgan fingerprint density at radius 3 is 2.00 bits per heavy atom. The minimum Gasteiger partial charge on any atom is -0.357 e. The van der Waals surface area contributed by atoms with Crippen LogP contribution in [0, 0.1) is 13.8 Å². The van der Waals surface area contributed by atoms with E-state index in [1.54, 1.807) is 0 Å². The zero-order valence-corrected chi connectivity index (χ0v) is 9.78. The molecular formula is C13H15N3. The molecule has 82 valence electrons. The quantitative estimate of drug-likeness (QED) is 0.833. The zero-order chi connectivity index (χ0) is 11.5. The molecule has 0 saturated carbocycles. The van der Waals surface area contributed by atoms with E-state index in [1.165, 1.54) is 5.56 Å². The SMILES string of the molecule is CNc1nc(C)c(-c2ccccc2)c(C)n1. The summed E-state index contributed by atoms with van der Waals surface area (Å²) in [4.78, 5) is 8.81. The van der Waals surface area contributed by atoms with Crippen molar-refractivity contribution >= 4 is 5.95 Å². The van der Waals surface area contributed by atoms with Gasteiger partial charge in [-0.2, -0.15) is 0 Å². The van der Waals surface area contributed by atoms with E-state index < -0.39 is 0 Å². The van der Waals surface area contributed by atoms with E-state index in [2.05, 4.69) is 27.4 Å². The number of hydrogen-bond donors (Lipinski definition) is 1. The molecule has 1 aromatic carbocycles. The van der Waals surface area contributed by atoms with Crippen molar-refractivity contribution in [3.05, 3.63) is 41.7 Å². The number of aryl methyl sites for hydroxylation is 2. The molecule has 0 spiro atoms. The second-order valence-corrected chi connectivity index (χ2v) is 3.71. The smallest absolute Gasteiger partial charge is 0.222 e. The Morgan fingerprint density at radius 1 is 0.938 bits per heavy atom. The van der Waals surface area contributed by atoms with E-state index in [0.717, 1.165) is 17.0 Å². The summed E-state index contributed by atoms with van der Waals surface area (Å²) in [5.41, 5.74) is 4.30. The maximum absolute atomic E-state index is 4.41. The molecule has 0 aliphatic heterocycles. The van der Waals surface area contributed by atoms with E-state index in [1.807, 2.05) is 39.1 Å². The lowest BCUT2D eigenvalue weighted by Crippen LogP contribution is -2.02. The fraction of sp³-hybridized carbons (Fsp3) is 0.231. The van der Waals surface area contributed by atoms with Crippen LogP contribution in [0.5, 0.6) is 0 Å². The van der Waals surface area contributed by atoms with E-state index in [0.29, 0.717) is 5.95 Å². The molecule has 0 bridgehead atoms. The molecule has 0 amide bonds. The molecule has 3 heteroatoms. The van der Waals surface area contributed by atoms with E-state index >= 15 is 0 Å². The molecule has 0 radical (unpaired) electrons. The topological polar surface area (TPSA) is 37.8 Å². The van der Waals surface area contributed by atoms with Crippen LogP contribution in [0.15, 0.2) is 30.3 Å². The number of aromatic nitrogens is 2. The third-order valence-corrected chi connectivity index (χ3v) is 2.56. The number of hydrogen-bond acceptors (Lipinski definition) is 3. The van der Waals surface area contributed by atoms with Crippen LogP contribution in [-0.4, -0.2) is 17.0 Å². The Morgan fingerprint density at radius 2 is 1.50 bits per heavy atom. The predicted molar refractivity (Wildman–Crippen MR) is 66.5 cm³/mol. The van der Waals surface area contributed by atoms with Gasteiger partial charge in [0.15, 0.2) is 0 Å². The predicted octanol–water partition coefficient (Wildman–Crippen LogP) is 2.80. The fourth-order valence-corrected chi connectivity index (χ4v) is 1.85. The summed E-state index contributed by atoms with van der Waals surface area (Å²) in [6.45, 7) is 4.02. The van der Waals surface area contributed by atoms with Crippen molar-refractivity contribution in [2.24, 2.45) is 0 Å². The van der Waals surface area contributed by atoms with E-state index in [-0.39, 0.29) is 0 Å². The lowest BCUT2D eigenvalue weighted by atomic mass is 10.0. The summed E-state index contributed by atoms with van der Waals surface area (Å²) in [7, 11) is 1.83. The number of anilines is 1. The third-order valence-electron chi connectivity index (χ3n) is 2.56. The summed E-state index contributed by atoms with van der Waals surface area (Å²) in [6.07, 6.45) is 0. The first-order valence-electron chi connectivity index (χ1n) is 5.31. The maximum atomic E-state index is 4.41. The van der Waals surface area contributed by atoms with E-state index in [4.69, 9.17) is 0 Å². The van der Waals surface area contributed by atoms with Gasteiger partial charge in [-0.05, 0) is 19.4 Å². The van der Waals surface area contributed by atoms with Gasteiger partial charge < -0.3 is 5.32 Å². The van der Waals surface area contributed by atoms with Crippen molar-refractivity contribution < 1.29 is 0 Å². The van der Waals surface area contributed by atoms with Gasteiger partial charge in [0, 0.05) is 12.6 Å². The highest BCUT2D eigenvalue weighted by Crippen LogP contribution is 2.25. The molecule has 1 aromatic heterocycles. The molecule has 3 nitrogen and oxygen atoms in total. The average Bonchev–Trinajstić information content (AvgIpc) is 2.29. The number of nitrogens with one attached hydrogen (secondary N) is 1. The van der Waals surface area contributed by atoms with Gasteiger partial charge in [0.2, 0.25) is 5.95 Å². The summed E-state index contributed by atoms with van der Waals surface area (Å²) < 4.78 is 0. The molecule has 0 fully saturated rings. The highest BCUT2D eigenvalue weighted by molar-refractivity contribution is 5.68. The number of rotatable bonds is 2. The van der Waals surface area contributed by atoms with E-state index in [9.17, 15) is 0 Å². The molecule has 0 aliphatic carbocycles. The van der Waals surface area contributed by atoms with Gasteiger partial charge in [-0.1, -0.05) is 30.3 Å². The van der Waals surface area contributed by atoms with Gasteiger partial charge in [-0.15, -0.1) is 0 Å². The van der Waals surface area contributed by atoms with Crippen LogP contribution in [0.1, 0.15) is 11.4 Å². The highest BCUT2D eigenvalue weighted by Gasteiger charge is 2.09. The molecule has 1 heterocycles. The summed E-state index contributed by atoms with van der Waals surface area (Å²) in [5, 5.41) is 2.97. The second-order valence-electron chi connectivity index (χ2n) is 3.71. The molecule has 2 rings (SSSR count). The Hall–Kier alpha value is -1.90. The monoisotopic (exact) mass is 213 g/mol. The number of nitrogens with zero attached hydrogens (tertiary/aromatic N) is 2. The molecule has 16 heavy (non-hydrogen) atoms. The van der Waals surface area contributed by atoms with Crippen LogP contribution in [-0.2, 0) is 0 Å². The standard InChI is InChI=1S/C13H15N3/c1-9-12(11-7-5-4-6-8-11)10(2)16-13(14-3)15-9/h4-8H,1-3H3,(H,14,15,16). The van der Waals surface area contributed by atoms with Crippen molar-refractivity contribution in [3.8, 4) is 11.1 Å². The Kier molecular flexibility index (Phi) is 2.86. The number of benzene rings is 1. The minimum absolute atomic E-state index is 0.676. The van der Waals surface area contributed by atoms with Crippen molar-refractivity contribution in [2.45, 2.75) is 13.8 Å². The minimum atomic E-state index is 0.676. The van der Waals surface area contributed by atoms with Gasteiger partial charge in [0.1, 0.15) is 0 Å². The second kappa shape index (κ2) is 4.31. The molecule has 0 saturated heterocycles. The largest absolute Gasteiger partial charge is 0.357 e. The van der Waals surface area contributed by atoms with Gasteiger partial charge in [-0.25, -0.2) is 9.97 Å². The Labute approximate surface area is 95.6 Å². The van der Waals surface area contributed by atoms with Gasteiger partial charge >= 0.3 is 0 Å². The lowest BCUT2D eigenvalue weighted by Gasteiger charge is -2.10. The Balaban J connectivity index is 2.58. The maximum Gasteiger partial charge on any atom is 0.222 e. The van der Waals surface area contributed by atoms with Crippen molar-refractivity contribution in [3.63, 3.8) is 0 Å². The normalized spacial score (nSPS) is 10.2. The average molecular weight is 213 g/mol. The molecule has 0 aliphatic rings. The fourth-order valence-electron chi connectivity index (χ4n) is 1.85. The van der Waals surface area contributed by atoms with Crippen LogP contribution in [0.4, 0.5) is 5.95 Å². The zero-order valence-electron chi connectivity index (χ0n) is 9.78.